The van der Waals surface area contributed by atoms with Gasteiger partial charge in [0.1, 0.15) is 0 Å². The first kappa shape index (κ1) is 10.4. The molecule has 0 aliphatic rings. The SMILES string of the molecule is CCOC(=O)c1c[nH]cc1-c1cccnc1. The maximum absolute atomic E-state index is 11.6. The topological polar surface area (TPSA) is 55.0 Å². The minimum absolute atomic E-state index is 0.317. The van der Waals surface area contributed by atoms with E-state index in [1.54, 1.807) is 31.7 Å². The number of ether oxygens (including phenoxy) is 1. The number of hydrogen-bond donors (Lipinski definition) is 1. The Kier molecular flexibility index (Phi) is 3.00. The number of H-pyrrole nitrogens is 1. The smallest absolute Gasteiger partial charge is 0.340 e. The molecule has 2 rings (SSSR count). The zero-order valence-corrected chi connectivity index (χ0v) is 8.93. The summed E-state index contributed by atoms with van der Waals surface area (Å²) in [5.41, 5.74) is 2.24. The Balaban J connectivity index is 2.37. The van der Waals surface area contributed by atoms with Crippen LogP contribution >= 0.6 is 0 Å². The van der Waals surface area contributed by atoms with Crippen LogP contribution in [-0.2, 0) is 4.74 Å². The average Bonchev–Trinajstić information content (AvgIpc) is 2.79. The minimum Gasteiger partial charge on any atom is -0.462 e. The number of carbonyl (C=O) groups is 1. The van der Waals surface area contributed by atoms with E-state index in [0.29, 0.717) is 12.2 Å². The van der Waals surface area contributed by atoms with E-state index < -0.39 is 0 Å². The Morgan fingerprint density at radius 2 is 2.38 bits per heavy atom. The number of esters is 1. The van der Waals surface area contributed by atoms with Crippen molar-refractivity contribution in [2.24, 2.45) is 0 Å². The van der Waals surface area contributed by atoms with Crippen LogP contribution < -0.4 is 0 Å². The quantitative estimate of drug-likeness (QED) is 0.800. The van der Waals surface area contributed by atoms with Gasteiger partial charge in [-0.15, -0.1) is 0 Å². The maximum Gasteiger partial charge on any atom is 0.340 e. The lowest BCUT2D eigenvalue weighted by Crippen LogP contribution is -2.04. The van der Waals surface area contributed by atoms with Gasteiger partial charge in [0.25, 0.3) is 0 Å². The number of nitrogens with zero attached hydrogens (tertiary/aromatic N) is 1. The zero-order valence-electron chi connectivity index (χ0n) is 8.93. The van der Waals surface area contributed by atoms with Gasteiger partial charge in [0.05, 0.1) is 12.2 Å². The van der Waals surface area contributed by atoms with Crippen molar-refractivity contribution in [2.75, 3.05) is 6.61 Å². The number of nitrogens with one attached hydrogen (secondary N) is 1. The molecule has 82 valence electrons. The standard InChI is InChI=1S/C12H12N2O2/c1-2-16-12(15)11-8-14-7-10(11)9-4-3-5-13-6-9/h3-8,14H,2H2,1H3. The first-order chi connectivity index (χ1) is 7.83. The van der Waals surface area contributed by atoms with E-state index in [-0.39, 0.29) is 5.97 Å². The Hall–Kier alpha value is -2.10. The number of hydrogen-bond acceptors (Lipinski definition) is 3. The first-order valence-corrected chi connectivity index (χ1v) is 5.07. The summed E-state index contributed by atoms with van der Waals surface area (Å²) in [7, 11) is 0. The fourth-order valence-corrected chi connectivity index (χ4v) is 1.50. The summed E-state index contributed by atoms with van der Waals surface area (Å²) >= 11 is 0. The van der Waals surface area contributed by atoms with Gasteiger partial charge in [0.2, 0.25) is 0 Å². The molecule has 2 aromatic rings. The fourth-order valence-electron chi connectivity index (χ4n) is 1.50. The van der Waals surface area contributed by atoms with Gasteiger partial charge in [-0.05, 0) is 13.0 Å². The van der Waals surface area contributed by atoms with E-state index in [9.17, 15) is 4.79 Å². The van der Waals surface area contributed by atoms with Crippen molar-refractivity contribution in [3.63, 3.8) is 0 Å². The zero-order chi connectivity index (χ0) is 11.4. The molecule has 4 heteroatoms. The summed E-state index contributed by atoms with van der Waals surface area (Å²) in [5, 5.41) is 0. The normalized spacial score (nSPS) is 10.1. The molecule has 4 nitrogen and oxygen atoms in total. The third kappa shape index (κ3) is 1.95. The van der Waals surface area contributed by atoms with Crippen molar-refractivity contribution in [3.8, 4) is 11.1 Å². The minimum atomic E-state index is -0.317. The summed E-state index contributed by atoms with van der Waals surface area (Å²) in [4.78, 5) is 18.6. The molecule has 0 atom stereocenters. The lowest BCUT2D eigenvalue weighted by atomic mass is 10.1. The molecule has 0 saturated carbocycles. The molecule has 16 heavy (non-hydrogen) atoms. The molecular weight excluding hydrogens is 204 g/mol. The number of pyridine rings is 1. The molecule has 2 heterocycles. The van der Waals surface area contributed by atoms with Gasteiger partial charge >= 0.3 is 5.97 Å². The third-order valence-corrected chi connectivity index (χ3v) is 2.21. The predicted octanol–water partition coefficient (Wildman–Crippen LogP) is 2.25. The van der Waals surface area contributed by atoms with Crippen LogP contribution in [0.1, 0.15) is 17.3 Å². The molecule has 0 aliphatic carbocycles. The Labute approximate surface area is 93.3 Å². The molecule has 0 saturated heterocycles. The molecule has 0 fully saturated rings. The third-order valence-electron chi connectivity index (χ3n) is 2.21. The lowest BCUT2D eigenvalue weighted by Gasteiger charge is -2.03. The van der Waals surface area contributed by atoms with E-state index in [0.717, 1.165) is 11.1 Å². The van der Waals surface area contributed by atoms with Crippen LogP contribution in [0.3, 0.4) is 0 Å². The average molecular weight is 216 g/mol. The molecular formula is C12H12N2O2. The van der Waals surface area contributed by atoms with E-state index in [1.165, 1.54) is 0 Å². The monoisotopic (exact) mass is 216 g/mol. The van der Waals surface area contributed by atoms with Gasteiger partial charge in [-0.3, -0.25) is 4.98 Å². The van der Waals surface area contributed by atoms with Crippen molar-refractivity contribution in [1.82, 2.24) is 9.97 Å². The van der Waals surface area contributed by atoms with Crippen LogP contribution in [0, 0.1) is 0 Å². The number of rotatable bonds is 3. The number of carbonyl (C=O) groups excluding carboxylic acids is 1. The molecule has 0 spiro atoms. The molecule has 0 amide bonds. The molecule has 0 aliphatic heterocycles. The van der Waals surface area contributed by atoms with Gasteiger partial charge in [0, 0.05) is 35.9 Å². The van der Waals surface area contributed by atoms with E-state index >= 15 is 0 Å². The number of aromatic amines is 1. The fraction of sp³-hybridized carbons (Fsp3) is 0.167. The molecule has 0 bridgehead atoms. The van der Waals surface area contributed by atoms with Crippen molar-refractivity contribution in [3.05, 3.63) is 42.5 Å². The largest absolute Gasteiger partial charge is 0.462 e. The summed E-state index contributed by atoms with van der Waals surface area (Å²) in [6.07, 6.45) is 6.82. The summed E-state index contributed by atoms with van der Waals surface area (Å²) < 4.78 is 4.97. The summed E-state index contributed by atoms with van der Waals surface area (Å²) in [6.45, 7) is 2.16. The van der Waals surface area contributed by atoms with Crippen molar-refractivity contribution in [2.45, 2.75) is 6.92 Å². The highest BCUT2D eigenvalue weighted by molar-refractivity contribution is 5.97. The molecule has 0 unspecified atom stereocenters. The van der Waals surface area contributed by atoms with E-state index in [2.05, 4.69) is 9.97 Å². The Morgan fingerprint density at radius 3 is 3.06 bits per heavy atom. The Bertz CT molecular complexity index is 477. The van der Waals surface area contributed by atoms with Crippen LogP contribution in [0.15, 0.2) is 36.9 Å². The summed E-state index contributed by atoms with van der Waals surface area (Å²) in [5.74, 6) is -0.317. The van der Waals surface area contributed by atoms with Crippen LogP contribution in [0.4, 0.5) is 0 Å². The van der Waals surface area contributed by atoms with Crippen molar-refractivity contribution < 1.29 is 9.53 Å². The summed E-state index contributed by atoms with van der Waals surface area (Å²) in [6, 6.07) is 3.73. The van der Waals surface area contributed by atoms with Gasteiger partial charge in [0.15, 0.2) is 0 Å². The second-order valence-corrected chi connectivity index (χ2v) is 3.24. The molecule has 1 N–H and O–H groups in total. The van der Waals surface area contributed by atoms with Gasteiger partial charge < -0.3 is 9.72 Å². The number of aromatic nitrogens is 2. The lowest BCUT2D eigenvalue weighted by molar-refractivity contribution is 0.0527. The second-order valence-electron chi connectivity index (χ2n) is 3.24. The van der Waals surface area contributed by atoms with Crippen LogP contribution in [0.25, 0.3) is 11.1 Å². The highest BCUT2D eigenvalue weighted by Crippen LogP contribution is 2.22. The molecule has 2 aromatic heterocycles. The molecule has 0 radical (unpaired) electrons. The van der Waals surface area contributed by atoms with Gasteiger partial charge in [-0.25, -0.2) is 4.79 Å². The highest BCUT2D eigenvalue weighted by Gasteiger charge is 2.14. The van der Waals surface area contributed by atoms with Crippen LogP contribution in [-0.4, -0.2) is 22.5 Å². The van der Waals surface area contributed by atoms with E-state index in [1.807, 2.05) is 12.1 Å². The van der Waals surface area contributed by atoms with Gasteiger partial charge in [-0.1, -0.05) is 6.07 Å². The van der Waals surface area contributed by atoms with Gasteiger partial charge in [-0.2, -0.15) is 0 Å². The first-order valence-electron chi connectivity index (χ1n) is 5.07. The van der Waals surface area contributed by atoms with Crippen molar-refractivity contribution in [1.29, 1.82) is 0 Å². The molecule has 0 aromatic carbocycles. The van der Waals surface area contributed by atoms with Crippen LogP contribution in [0.5, 0.6) is 0 Å². The highest BCUT2D eigenvalue weighted by atomic mass is 16.5. The second kappa shape index (κ2) is 4.61. The van der Waals surface area contributed by atoms with E-state index in [4.69, 9.17) is 4.74 Å². The predicted molar refractivity (Wildman–Crippen MR) is 60.0 cm³/mol. The maximum atomic E-state index is 11.6. The Morgan fingerprint density at radius 1 is 1.50 bits per heavy atom. The van der Waals surface area contributed by atoms with Crippen LogP contribution in [0.2, 0.25) is 0 Å². The van der Waals surface area contributed by atoms with Crippen molar-refractivity contribution >= 4 is 5.97 Å².